The normalized spacial score (nSPS) is 25.8. The predicted molar refractivity (Wildman–Crippen MR) is 104 cm³/mol. The van der Waals surface area contributed by atoms with Crippen LogP contribution in [0.1, 0.15) is 55.7 Å². The first-order chi connectivity index (χ1) is 12.8. The molecule has 0 aromatic carbocycles. The van der Waals surface area contributed by atoms with E-state index in [1.807, 2.05) is 6.20 Å². The number of hydrogen-bond acceptors (Lipinski definition) is 3. The molecular weight excluding hydrogens is 328 g/mol. The number of amidine groups is 1. The summed E-state index contributed by atoms with van der Waals surface area (Å²) in [6.07, 6.45) is 10.1. The Morgan fingerprint density at radius 2 is 2.04 bits per heavy atom. The van der Waals surface area contributed by atoms with Crippen LogP contribution in [-0.2, 0) is 4.74 Å². The zero-order valence-corrected chi connectivity index (χ0v) is 15.5. The van der Waals surface area contributed by atoms with Crippen molar-refractivity contribution < 1.29 is 9.73 Å². The van der Waals surface area contributed by atoms with Gasteiger partial charge in [0, 0.05) is 38.5 Å². The third-order valence-corrected chi connectivity index (χ3v) is 5.53. The molecule has 7 nitrogen and oxygen atoms in total. The summed E-state index contributed by atoms with van der Waals surface area (Å²) in [6.45, 7) is 3.26. The highest BCUT2D eigenvalue weighted by atomic mass is 16.5. The second kappa shape index (κ2) is 9.85. The number of aromatic amines is 1. The number of hydrogen-bond donors (Lipinski definition) is 5. The van der Waals surface area contributed by atoms with E-state index in [4.69, 9.17) is 16.2 Å². The summed E-state index contributed by atoms with van der Waals surface area (Å²) in [7, 11) is 0. The van der Waals surface area contributed by atoms with Crippen molar-refractivity contribution in [2.24, 2.45) is 16.5 Å². The molecule has 7 N–H and O–H groups in total. The lowest BCUT2D eigenvalue weighted by Crippen LogP contribution is -2.80. The molecule has 7 heteroatoms. The Balaban J connectivity index is 1.70. The summed E-state index contributed by atoms with van der Waals surface area (Å²) >= 11 is 0. The Labute approximate surface area is 155 Å². The van der Waals surface area contributed by atoms with E-state index in [1.165, 1.54) is 11.9 Å². The molecule has 1 saturated heterocycles. The Bertz CT molecular complexity index is 597. The number of ether oxygens (including phenoxy) is 1. The van der Waals surface area contributed by atoms with Gasteiger partial charge in [-0.3, -0.25) is 4.99 Å². The van der Waals surface area contributed by atoms with E-state index in [0.29, 0.717) is 24.5 Å². The van der Waals surface area contributed by atoms with Crippen molar-refractivity contribution in [3.8, 4) is 0 Å². The summed E-state index contributed by atoms with van der Waals surface area (Å²) < 4.78 is 5.51. The molecule has 144 valence electrons. The van der Waals surface area contributed by atoms with E-state index < -0.39 is 0 Å². The van der Waals surface area contributed by atoms with E-state index >= 15 is 0 Å². The molecule has 0 radical (unpaired) electrons. The fraction of sp³-hybridized carbons (Fsp3) is 0.684. The lowest BCUT2D eigenvalue weighted by molar-refractivity contribution is -0.508. The molecule has 1 aliphatic carbocycles. The molecule has 1 aromatic heterocycles. The van der Waals surface area contributed by atoms with Crippen molar-refractivity contribution in [3.63, 3.8) is 0 Å². The first-order valence-electron chi connectivity index (χ1n) is 9.88. The molecule has 1 aromatic rings. The highest BCUT2D eigenvalue weighted by Gasteiger charge is 2.27. The largest absolute Gasteiger partial charge is 0.381 e. The van der Waals surface area contributed by atoms with Crippen molar-refractivity contribution >= 4 is 12.2 Å². The summed E-state index contributed by atoms with van der Waals surface area (Å²) in [5, 5.41) is 3.52. The zero-order chi connectivity index (χ0) is 18.2. The SMILES string of the molecule is NC=NC(=[NH+]C1CCC(NCCN)CC1)c1[nH]ccc1C1CCOCC1. The summed E-state index contributed by atoms with van der Waals surface area (Å²) in [6, 6.07) is 3.18. The Kier molecular flexibility index (Phi) is 7.22. The number of nitrogens with one attached hydrogen (secondary N) is 3. The van der Waals surface area contributed by atoms with Crippen molar-refractivity contribution in [2.75, 3.05) is 26.3 Å². The molecule has 0 bridgehead atoms. The molecule has 0 spiro atoms. The van der Waals surface area contributed by atoms with Crippen molar-refractivity contribution in [1.82, 2.24) is 10.3 Å². The van der Waals surface area contributed by atoms with Gasteiger partial charge in [-0.05, 0) is 61.1 Å². The van der Waals surface area contributed by atoms with E-state index in [9.17, 15) is 0 Å². The van der Waals surface area contributed by atoms with Crippen LogP contribution in [0.5, 0.6) is 0 Å². The summed E-state index contributed by atoms with van der Waals surface area (Å²) in [4.78, 5) is 11.5. The Morgan fingerprint density at radius 1 is 1.27 bits per heavy atom. The molecule has 0 amide bonds. The quantitative estimate of drug-likeness (QED) is 0.350. The first-order valence-corrected chi connectivity index (χ1v) is 9.88. The molecule has 3 rings (SSSR count). The van der Waals surface area contributed by atoms with Gasteiger partial charge in [-0.2, -0.15) is 0 Å². The van der Waals surface area contributed by atoms with Crippen LogP contribution in [0.25, 0.3) is 0 Å². The molecule has 0 unspecified atom stereocenters. The van der Waals surface area contributed by atoms with Gasteiger partial charge in [0.1, 0.15) is 5.69 Å². The van der Waals surface area contributed by atoms with E-state index in [-0.39, 0.29) is 0 Å². The van der Waals surface area contributed by atoms with Gasteiger partial charge in [-0.15, -0.1) is 0 Å². The Hall–Kier alpha value is -1.70. The number of aliphatic imine (C=N–C) groups is 1. The second-order valence-electron chi connectivity index (χ2n) is 7.26. The number of nitrogens with zero attached hydrogens (tertiary/aromatic N) is 1. The first kappa shape index (κ1) is 19.1. The maximum atomic E-state index is 5.64. The minimum Gasteiger partial charge on any atom is -0.381 e. The standard InChI is InChI=1S/C19H32N6O/c20-8-10-22-15-1-3-16(4-2-15)25-19(24-13-21)18-17(5-9-23-18)14-6-11-26-12-7-14/h5,9,13-16,22-23H,1-4,6-8,10-12,20H2,(H2,21,24,25)/p+1. The fourth-order valence-electron chi connectivity index (χ4n) is 4.11. The van der Waals surface area contributed by atoms with E-state index in [0.717, 1.165) is 69.8 Å². The molecule has 1 saturated carbocycles. The fourth-order valence-corrected chi connectivity index (χ4v) is 4.11. The topological polar surface area (TPSA) is 115 Å². The third kappa shape index (κ3) is 4.93. The van der Waals surface area contributed by atoms with Gasteiger partial charge < -0.3 is 26.5 Å². The van der Waals surface area contributed by atoms with Gasteiger partial charge in [0.05, 0.1) is 6.04 Å². The predicted octanol–water partition coefficient (Wildman–Crippen LogP) is -0.418. The minimum absolute atomic E-state index is 0.426. The highest BCUT2D eigenvalue weighted by molar-refractivity contribution is 5.98. The molecule has 2 heterocycles. The lowest BCUT2D eigenvalue weighted by Gasteiger charge is -2.26. The van der Waals surface area contributed by atoms with Gasteiger partial charge in [0.15, 0.2) is 0 Å². The van der Waals surface area contributed by atoms with Gasteiger partial charge in [0.25, 0.3) is 0 Å². The van der Waals surface area contributed by atoms with E-state index in [1.54, 1.807) is 0 Å². The van der Waals surface area contributed by atoms with Crippen LogP contribution in [-0.4, -0.2) is 55.5 Å². The number of H-pyrrole nitrogens is 1. The van der Waals surface area contributed by atoms with Crippen molar-refractivity contribution in [2.45, 2.75) is 56.5 Å². The molecular formula is C19H33N6O+. The van der Waals surface area contributed by atoms with Crippen LogP contribution < -0.4 is 21.8 Å². The summed E-state index contributed by atoms with van der Waals surface area (Å²) in [5.41, 5.74) is 13.6. The number of nitrogens with two attached hydrogens (primary N) is 2. The maximum Gasteiger partial charge on any atom is 0.342 e. The number of aromatic nitrogens is 1. The molecule has 26 heavy (non-hydrogen) atoms. The highest BCUT2D eigenvalue weighted by Crippen LogP contribution is 2.29. The molecule has 2 fully saturated rings. The molecule has 2 aliphatic rings. The Morgan fingerprint density at radius 3 is 2.73 bits per heavy atom. The van der Waals surface area contributed by atoms with Crippen LogP contribution in [0.15, 0.2) is 17.3 Å². The molecule has 1 aliphatic heterocycles. The van der Waals surface area contributed by atoms with Crippen molar-refractivity contribution in [3.05, 3.63) is 23.5 Å². The van der Waals surface area contributed by atoms with Crippen LogP contribution in [0.2, 0.25) is 0 Å². The summed E-state index contributed by atoms with van der Waals surface area (Å²) in [5.74, 6) is 1.38. The van der Waals surface area contributed by atoms with Gasteiger partial charge in [0.2, 0.25) is 6.34 Å². The second-order valence-corrected chi connectivity index (χ2v) is 7.26. The van der Waals surface area contributed by atoms with Crippen LogP contribution in [0.4, 0.5) is 0 Å². The van der Waals surface area contributed by atoms with Crippen LogP contribution in [0.3, 0.4) is 0 Å². The monoisotopic (exact) mass is 361 g/mol. The maximum absolute atomic E-state index is 5.64. The zero-order valence-electron chi connectivity index (χ0n) is 15.5. The smallest absolute Gasteiger partial charge is 0.342 e. The van der Waals surface area contributed by atoms with Crippen LogP contribution in [0, 0.1) is 0 Å². The molecule has 0 atom stereocenters. The lowest BCUT2D eigenvalue weighted by atomic mass is 9.90. The van der Waals surface area contributed by atoms with Gasteiger partial charge in [-0.25, -0.2) is 0 Å². The van der Waals surface area contributed by atoms with Crippen molar-refractivity contribution in [1.29, 1.82) is 0 Å². The van der Waals surface area contributed by atoms with Gasteiger partial charge in [-0.1, -0.05) is 0 Å². The third-order valence-electron chi connectivity index (χ3n) is 5.53. The minimum atomic E-state index is 0.426. The van der Waals surface area contributed by atoms with Crippen LogP contribution >= 0.6 is 0 Å². The average molecular weight is 362 g/mol. The average Bonchev–Trinajstić information content (AvgIpc) is 3.17. The van der Waals surface area contributed by atoms with Gasteiger partial charge >= 0.3 is 5.84 Å². The number of rotatable bonds is 6. The van der Waals surface area contributed by atoms with E-state index in [2.05, 4.69) is 26.4 Å².